The number of nitrogens with one attached hydrogen (secondary N) is 3. The van der Waals surface area contributed by atoms with Gasteiger partial charge in [0.25, 0.3) is 5.91 Å². The highest BCUT2D eigenvalue weighted by Gasteiger charge is 2.13. The number of aromatic nitrogens is 3. The number of aryl methyl sites for hydroxylation is 1. The van der Waals surface area contributed by atoms with E-state index in [4.69, 9.17) is 14.9 Å². The van der Waals surface area contributed by atoms with Gasteiger partial charge in [0.2, 0.25) is 11.9 Å². The molecule has 36 heavy (non-hydrogen) atoms. The lowest BCUT2D eigenvalue weighted by Gasteiger charge is -2.12. The van der Waals surface area contributed by atoms with Crippen LogP contribution in [0.1, 0.15) is 29.6 Å². The summed E-state index contributed by atoms with van der Waals surface area (Å²) in [5, 5.41) is 15.6. The van der Waals surface area contributed by atoms with E-state index in [2.05, 4.69) is 32.3 Å². The number of para-hydroxylation sites is 1. The summed E-state index contributed by atoms with van der Waals surface area (Å²) < 4.78 is 7.56. The highest BCUT2D eigenvalue weighted by Crippen LogP contribution is 2.31. The molecular formula is C26H28N6O4. The second kappa shape index (κ2) is 11.3. The van der Waals surface area contributed by atoms with Gasteiger partial charge in [0.1, 0.15) is 5.75 Å². The molecule has 0 fully saturated rings. The zero-order chi connectivity index (χ0) is 25.5. The van der Waals surface area contributed by atoms with Crippen LogP contribution in [-0.2, 0) is 11.8 Å². The number of hydrogen-bond acceptors (Lipinski definition) is 7. The number of rotatable bonds is 10. The number of methoxy groups -OCH3 is 1. The number of hydrogen-bond donors (Lipinski definition) is 4. The molecule has 0 aliphatic heterocycles. The fourth-order valence-corrected chi connectivity index (χ4v) is 3.94. The molecule has 2 amide bonds. The summed E-state index contributed by atoms with van der Waals surface area (Å²) in [5.74, 6) is 0.186. The van der Waals surface area contributed by atoms with E-state index in [1.165, 1.54) is 7.11 Å². The lowest BCUT2D eigenvalue weighted by atomic mass is 10.1. The van der Waals surface area contributed by atoms with Gasteiger partial charge in [-0.3, -0.25) is 14.8 Å². The molecule has 10 heteroatoms. The summed E-state index contributed by atoms with van der Waals surface area (Å²) >= 11 is 0. The van der Waals surface area contributed by atoms with E-state index >= 15 is 0 Å². The van der Waals surface area contributed by atoms with E-state index in [0.29, 0.717) is 42.3 Å². The number of benzene rings is 2. The zero-order valence-electron chi connectivity index (χ0n) is 20.1. The number of hydroxylamine groups is 1. The lowest BCUT2D eigenvalue weighted by Crippen LogP contribution is -2.25. The quantitative estimate of drug-likeness (QED) is 0.152. The molecule has 186 valence electrons. The largest absolute Gasteiger partial charge is 0.495 e. The van der Waals surface area contributed by atoms with Crippen LogP contribution in [0.4, 0.5) is 11.6 Å². The third kappa shape index (κ3) is 5.61. The van der Waals surface area contributed by atoms with Crippen LogP contribution in [0.15, 0.2) is 60.9 Å². The molecular weight excluding hydrogens is 460 g/mol. The van der Waals surface area contributed by atoms with Crippen LogP contribution in [0.3, 0.4) is 0 Å². The van der Waals surface area contributed by atoms with Gasteiger partial charge in [0.15, 0.2) is 0 Å². The Morgan fingerprint density at radius 3 is 2.75 bits per heavy atom. The van der Waals surface area contributed by atoms with E-state index in [-0.39, 0.29) is 12.3 Å². The van der Waals surface area contributed by atoms with Crippen LogP contribution in [0, 0.1) is 0 Å². The van der Waals surface area contributed by atoms with Gasteiger partial charge in [-0.2, -0.15) is 0 Å². The van der Waals surface area contributed by atoms with Crippen LogP contribution in [-0.4, -0.2) is 45.2 Å². The first-order chi connectivity index (χ1) is 17.5. The van der Waals surface area contributed by atoms with Crippen LogP contribution < -0.4 is 20.9 Å². The SMILES string of the molecule is COc1cc(C(=O)NCCCCC(=O)NO)ccc1Nc1nccc(-c2cn(C)c3ccccc23)n1. The Hall–Kier alpha value is -4.44. The van der Waals surface area contributed by atoms with Crippen molar-refractivity contribution in [3.63, 3.8) is 0 Å². The minimum Gasteiger partial charge on any atom is -0.495 e. The Morgan fingerprint density at radius 2 is 1.94 bits per heavy atom. The van der Waals surface area contributed by atoms with Crippen molar-refractivity contribution in [2.24, 2.45) is 7.05 Å². The molecule has 0 unspecified atom stereocenters. The third-order valence-corrected chi connectivity index (χ3v) is 5.78. The topological polar surface area (TPSA) is 130 Å². The van der Waals surface area contributed by atoms with Crippen LogP contribution in [0.5, 0.6) is 5.75 Å². The summed E-state index contributed by atoms with van der Waals surface area (Å²) in [5.41, 5.74) is 5.57. The molecule has 2 heterocycles. The van der Waals surface area contributed by atoms with Gasteiger partial charge >= 0.3 is 0 Å². The molecule has 0 saturated carbocycles. The minimum absolute atomic E-state index is 0.199. The summed E-state index contributed by atoms with van der Waals surface area (Å²) in [7, 11) is 3.53. The molecule has 0 saturated heterocycles. The molecule has 0 spiro atoms. The fourth-order valence-electron chi connectivity index (χ4n) is 3.94. The Morgan fingerprint density at radius 1 is 1.11 bits per heavy atom. The van der Waals surface area contributed by atoms with Crippen LogP contribution in [0.2, 0.25) is 0 Å². The maximum Gasteiger partial charge on any atom is 0.251 e. The molecule has 0 atom stereocenters. The third-order valence-electron chi connectivity index (χ3n) is 5.78. The van der Waals surface area contributed by atoms with Crippen molar-refractivity contribution in [2.45, 2.75) is 19.3 Å². The molecule has 4 rings (SSSR count). The van der Waals surface area contributed by atoms with Gasteiger partial charge in [0, 0.05) is 54.4 Å². The molecule has 4 aromatic rings. The standard InChI is InChI=1S/C26H28N6O4/c1-32-16-19(18-7-3-4-8-22(18)32)20-12-14-28-26(29-20)30-21-11-10-17(15-23(21)36-2)25(34)27-13-6-5-9-24(33)31-35/h3-4,7-8,10-12,14-16,35H,5-6,9,13H2,1-2H3,(H,27,34)(H,31,33)(H,28,29,30). The number of amides is 2. The van der Waals surface area contributed by atoms with Gasteiger partial charge in [-0.05, 0) is 43.2 Å². The van der Waals surface area contributed by atoms with Crippen LogP contribution in [0.25, 0.3) is 22.2 Å². The summed E-state index contributed by atoms with van der Waals surface area (Å²) in [6, 6.07) is 15.1. The molecule has 10 nitrogen and oxygen atoms in total. The Balaban J connectivity index is 1.45. The number of carbonyl (C=O) groups is 2. The van der Waals surface area contributed by atoms with Gasteiger partial charge < -0.3 is 19.9 Å². The molecule has 0 aliphatic carbocycles. The van der Waals surface area contributed by atoms with Gasteiger partial charge in [0.05, 0.1) is 18.5 Å². The smallest absolute Gasteiger partial charge is 0.251 e. The monoisotopic (exact) mass is 488 g/mol. The second-order valence-electron chi connectivity index (χ2n) is 8.22. The first-order valence-corrected chi connectivity index (χ1v) is 11.5. The van der Waals surface area contributed by atoms with Gasteiger partial charge in [-0.1, -0.05) is 18.2 Å². The highest BCUT2D eigenvalue weighted by molar-refractivity contribution is 5.96. The minimum atomic E-state index is -0.444. The molecule has 2 aromatic carbocycles. The fraction of sp³-hybridized carbons (Fsp3) is 0.231. The number of ether oxygens (including phenoxy) is 1. The number of anilines is 2. The van der Waals surface area contributed by atoms with Crippen molar-refractivity contribution in [1.29, 1.82) is 0 Å². The number of carbonyl (C=O) groups excluding carboxylic acids is 2. The number of unbranched alkanes of at least 4 members (excludes halogenated alkanes) is 1. The van der Waals surface area contributed by atoms with Crippen molar-refractivity contribution < 1.29 is 19.5 Å². The van der Waals surface area contributed by atoms with E-state index in [9.17, 15) is 9.59 Å². The normalized spacial score (nSPS) is 10.8. The molecule has 0 bridgehead atoms. The summed E-state index contributed by atoms with van der Waals surface area (Å²) in [6.07, 6.45) is 5.11. The van der Waals surface area contributed by atoms with Gasteiger partial charge in [-0.25, -0.2) is 15.4 Å². The predicted octanol–water partition coefficient (Wildman–Crippen LogP) is 3.79. The number of nitrogens with zero attached hydrogens (tertiary/aromatic N) is 3. The lowest BCUT2D eigenvalue weighted by molar-refractivity contribution is -0.129. The van der Waals surface area contributed by atoms with Gasteiger partial charge in [-0.15, -0.1) is 0 Å². The second-order valence-corrected chi connectivity index (χ2v) is 8.22. The highest BCUT2D eigenvalue weighted by atomic mass is 16.5. The first-order valence-electron chi connectivity index (χ1n) is 11.5. The van der Waals surface area contributed by atoms with Crippen molar-refractivity contribution >= 4 is 34.4 Å². The van der Waals surface area contributed by atoms with Crippen LogP contribution >= 0.6 is 0 Å². The average molecular weight is 489 g/mol. The van der Waals surface area contributed by atoms with Crippen molar-refractivity contribution in [3.05, 3.63) is 66.5 Å². The van der Waals surface area contributed by atoms with E-state index in [0.717, 1.165) is 22.2 Å². The van der Waals surface area contributed by atoms with Crippen molar-refractivity contribution in [1.82, 2.24) is 25.3 Å². The Bertz CT molecular complexity index is 1380. The molecule has 4 N–H and O–H groups in total. The maximum absolute atomic E-state index is 12.5. The van der Waals surface area contributed by atoms with E-state index in [1.807, 2.05) is 31.4 Å². The van der Waals surface area contributed by atoms with E-state index < -0.39 is 5.91 Å². The molecule has 2 aromatic heterocycles. The first kappa shape index (κ1) is 24.7. The summed E-state index contributed by atoms with van der Waals surface area (Å²) in [4.78, 5) is 32.6. The molecule has 0 aliphatic rings. The Labute approximate surface area is 208 Å². The van der Waals surface area contributed by atoms with Crippen molar-refractivity contribution in [2.75, 3.05) is 19.0 Å². The average Bonchev–Trinajstić information content (AvgIpc) is 3.25. The zero-order valence-corrected chi connectivity index (χ0v) is 20.1. The molecule has 0 radical (unpaired) electrons. The van der Waals surface area contributed by atoms with E-state index in [1.54, 1.807) is 29.9 Å². The summed E-state index contributed by atoms with van der Waals surface area (Å²) in [6.45, 7) is 0.411. The van der Waals surface area contributed by atoms with Crippen molar-refractivity contribution in [3.8, 4) is 17.0 Å². The number of fused-ring (bicyclic) bond motifs is 1. The Kier molecular flexibility index (Phi) is 7.76. The maximum atomic E-state index is 12.5. The predicted molar refractivity (Wildman–Crippen MR) is 136 cm³/mol.